The minimum atomic E-state index is 0.869. The molecular weight excluding hydrogens is 757 g/mol. The van der Waals surface area contributed by atoms with Gasteiger partial charge in [0.25, 0.3) is 0 Å². The van der Waals surface area contributed by atoms with Gasteiger partial charge >= 0.3 is 0 Å². The largest absolute Gasteiger partial charge is 0.455 e. The lowest BCUT2D eigenvalue weighted by Gasteiger charge is -2.28. The molecule has 0 bridgehead atoms. The number of nitrogens with zero attached hydrogens (tertiary/aromatic N) is 2. The van der Waals surface area contributed by atoms with E-state index in [1.807, 2.05) is 22.7 Å². The molecule has 0 fully saturated rings. The molecule has 0 radical (unpaired) electrons. The van der Waals surface area contributed by atoms with Gasteiger partial charge in [0, 0.05) is 67.8 Å². The molecule has 0 aliphatic rings. The van der Waals surface area contributed by atoms with Crippen LogP contribution in [0.2, 0.25) is 0 Å². The highest BCUT2D eigenvalue weighted by Gasteiger charge is 2.26. The van der Waals surface area contributed by atoms with E-state index < -0.39 is 0 Å². The van der Waals surface area contributed by atoms with Crippen LogP contribution in [0.4, 0.5) is 17.1 Å². The van der Waals surface area contributed by atoms with Crippen molar-refractivity contribution in [1.82, 2.24) is 4.57 Å². The fraction of sp³-hybridized carbons (Fsp3) is 0. The van der Waals surface area contributed by atoms with Crippen LogP contribution in [0.3, 0.4) is 0 Å². The van der Waals surface area contributed by atoms with Crippen LogP contribution >= 0.6 is 22.7 Å². The van der Waals surface area contributed by atoms with Crippen molar-refractivity contribution >= 4 is 124 Å². The van der Waals surface area contributed by atoms with E-state index in [0.29, 0.717) is 0 Å². The molecule has 0 saturated heterocycles. The van der Waals surface area contributed by atoms with Crippen LogP contribution in [0.5, 0.6) is 0 Å². The zero-order valence-corrected chi connectivity index (χ0v) is 33.2. The number of rotatable bonds is 5. The summed E-state index contributed by atoms with van der Waals surface area (Å²) < 4.78 is 14.5. The van der Waals surface area contributed by atoms with Crippen molar-refractivity contribution in [2.75, 3.05) is 4.90 Å². The second-order valence-corrected chi connectivity index (χ2v) is 17.4. The first-order valence-electron chi connectivity index (χ1n) is 19.9. The van der Waals surface area contributed by atoms with E-state index in [-0.39, 0.29) is 0 Å². The lowest BCUT2D eigenvalue weighted by Crippen LogP contribution is -2.11. The average Bonchev–Trinajstić information content (AvgIpc) is 4.06. The predicted octanol–water partition coefficient (Wildman–Crippen LogP) is 16.6. The minimum absolute atomic E-state index is 0.869. The summed E-state index contributed by atoms with van der Waals surface area (Å²) in [4.78, 5) is 2.52. The molecule has 13 rings (SSSR count). The summed E-state index contributed by atoms with van der Waals surface area (Å²) in [5.74, 6) is 0. The standard InChI is InChI=1S/C54H32N2OS2/c1-6-21-41-36(16-1)37-17-2-7-22-42(37)55(41)34-15-11-14-33(32-34)35-30-31-45(53-38-18-3-8-25-46(38)57-54(35)53)56(43-23-12-28-49-51(43)39-19-4-9-26-47(39)58-49)44-24-13-29-50-52(44)40-20-5-10-27-48(40)59-50/h1-32H. The third-order valence-corrected chi connectivity index (χ3v) is 14.3. The fourth-order valence-corrected chi connectivity index (χ4v) is 11.8. The molecule has 13 aromatic rings. The zero-order chi connectivity index (χ0) is 38.6. The number of aromatic nitrogens is 1. The highest BCUT2D eigenvalue weighted by atomic mass is 32.1. The second-order valence-electron chi connectivity index (χ2n) is 15.2. The Kier molecular flexibility index (Phi) is 7.05. The van der Waals surface area contributed by atoms with Crippen molar-refractivity contribution in [3.8, 4) is 16.8 Å². The molecule has 59 heavy (non-hydrogen) atoms. The van der Waals surface area contributed by atoms with Gasteiger partial charge in [0.05, 0.1) is 33.5 Å². The maximum absolute atomic E-state index is 7.03. The molecule has 9 aromatic carbocycles. The summed E-state index contributed by atoms with van der Waals surface area (Å²) >= 11 is 3.71. The molecule has 3 nitrogen and oxygen atoms in total. The van der Waals surface area contributed by atoms with Crippen molar-refractivity contribution in [3.63, 3.8) is 0 Å². The first kappa shape index (κ1) is 32.9. The Morgan fingerprint density at radius 1 is 0.390 bits per heavy atom. The van der Waals surface area contributed by atoms with E-state index in [9.17, 15) is 0 Å². The van der Waals surface area contributed by atoms with Crippen molar-refractivity contribution in [2.24, 2.45) is 0 Å². The summed E-state index contributed by atoms with van der Waals surface area (Å²) in [6, 6.07) is 70.6. The zero-order valence-electron chi connectivity index (χ0n) is 31.6. The van der Waals surface area contributed by atoms with Gasteiger partial charge in [0.15, 0.2) is 0 Å². The molecule has 0 spiro atoms. The SMILES string of the molecule is c1cc(-c2ccc(N(c3cccc4sc5ccccc5c34)c3cccc4sc5ccccc5c34)c3c2oc2ccccc23)cc(-n2c3ccccc3c3ccccc32)c1. The Morgan fingerprint density at radius 3 is 1.54 bits per heavy atom. The molecule has 0 amide bonds. The lowest BCUT2D eigenvalue weighted by atomic mass is 9.98. The first-order valence-corrected chi connectivity index (χ1v) is 21.6. The quantitative estimate of drug-likeness (QED) is 0.173. The summed E-state index contributed by atoms with van der Waals surface area (Å²) in [6.07, 6.45) is 0. The molecule has 0 N–H and O–H groups in total. The number of hydrogen-bond acceptors (Lipinski definition) is 4. The summed E-state index contributed by atoms with van der Waals surface area (Å²) in [5.41, 5.74) is 10.8. The maximum Gasteiger partial charge on any atom is 0.145 e. The van der Waals surface area contributed by atoms with Gasteiger partial charge in [-0.2, -0.15) is 0 Å². The summed E-state index contributed by atoms with van der Waals surface area (Å²) in [5, 5.41) is 9.73. The number of para-hydroxylation sites is 3. The van der Waals surface area contributed by atoms with Crippen molar-refractivity contribution in [2.45, 2.75) is 0 Å². The Bertz CT molecular complexity index is 3660. The van der Waals surface area contributed by atoms with Gasteiger partial charge in [-0.05, 0) is 84.4 Å². The van der Waals surface area contributed by atoms with Gasteiger partial charge < -0.3 is 13.9 Å². The van der Waals surface area contributed by atoms with Gasteiger partial charge in [-0.1, -0.05) is 115 Å². The smallest absolute Gasteiger partial charge is 0.145 e. The predicted molar refractivity (Wildman–Crippen MR) is 254 cm³/mol. The monoisotopic (exact) mass is 788 g/mol. The Labute approximate surface area is 346 Å². The molecule has 0 unspecified atom stereocenters. The highest BCUT2D eigenvalue weighted by molar-refractivity contribution is 7.26. The van der Waals surface area contributed by atoms with Crippen LogP contribution in [0.1, 0.15) is 0 Å². The maximum atomic E-state index is 7.03. The van der Waals surface area contributed by atoms with Gasteiger partial charge in [-0.25, -0.2) is 0 Å². The van der Waals surface area contributed by atoms with E-state index in [1.54, 1.807) is 0 Å². The minimum Gasteiger partial charge on any atom is -0.455 e. The molecule has 0 aliphatic carbocycles. The summed E-state index contributed by atoms with van der Waals surface area (Å²) in [6.45, 7) is 0. The molecule has 4 aromatic heterocycles. The van der Waals surface area contributed by atoms with Crippen LogP contribution in [-0.2, 0) is 0 Å². The first-order chi connectivity index (χ1) is 29.3. The molecule has 0 aliphatic heterocycles. The number of anilines is 3. The highest BCUT2D eigenvalue weighted by Crippen LogP contribution is 2.52. The Morgan fingerprint density at radius 2 is 0.898 bits per heavy atom. The van der Waals surface area contributed by atoms with Crippen molar-refractivity contribution in [1.29, 1.82) is 0 Å². The van der Waals surface area contributed by atoms with Crippen molar-refractivity contribution in [3.05, 3.63) is 194 Å². The third kappa shape index (κ3) is 4.80. The van der Waals surface area contributed by atoms with Gasteiger partial charge in [0.2, 0.25) is 0 Å². The van der Waals surface area contributed by atoms with Crippen molar-refractivity contribution < 1.29 is 4.42 Å². The molecule has 276 valence electrons. The normalized spacial score (nSPS) is 12.1. The van der Waals surface area contributed by atoms with Crippen LogP contribution in [0, 0.1) is 0 Å². The molecule has 0 atom stereocenters. The van der Waals surface area contributed by atoms with Crippen LogP contribution in [0.15, 0.2) is 199 Å². The van der Waals surface area contributed by atoms with Gasteiger partial charge in [0.1, 0.15) is 11.2 Å². The molecule has 4 heterocycles. The summed E-state index contributed by atoms with van der Waals surface area (Å²) in [7, 11) is 0. The van der Waals surface area contributed by atoms with Gasteiger partial charge in [-0.15, -0.1) is 22.7 Å². The fourth-order valence-electron chi connectivity index (χ4n) is 9.51. The molecule has 0 saturated carbocycles. The third-order valence-electron chi connectivity index (χ3n) is 12.0. The van der Waals surface area contributed by atoms with E-state index in [0.717, 1.165) is 55.8 Å². The lowest BCUT2D eigenvalue weighted by molar-refractivity contribution is 0.670. The number of benzene rings is 9. The van der Waals surface area contributed by atoms with Crippen LogP contribution < -0.4 is 4.90 Å². The molecule has 5 heteroatoms. The van der Waals surface area contributed by atoms with E-state index >= 15 is 0 Å². The number of fused-ring (bicyclic) bond motifs is 12. The average molecular weight is 789 g/mol. The van der Waals surface area contributed by atoms with Crippen LogP contribution in [0.25, 0.3) is 101 Å². The van der Waals surface area contributed by atoms with E-state index in [1.165, 1.54) is 62.2 Å². The number of hydrogen-bond donors (Lipinski definition) is 0. The van der Waals surface area contributed by atoms with E-state index in [4.69, 9.17) is 4.42 Å². The molecular formula is C54H32N2OS2. The number of furan rings is 1. The van der Waals surface area contributed by atoms with Crippen LogP contribution in [-0.4, -0.2) is 4.57 Å². The van der Waals surface area contributed by atoms with Gasteiger partial charge in [-0.3, -0.25) is 0 Å². The second kappa shape index (κ2) is 12.7. The number of thiophene rings is 2. The topological polar surface area (TPSA) is 21.3 Å². The Balaban J connectivity index is 1.11. The van der Waals surface area contributed by atoms with E-state index in [2.05, 4.69) is 204 Å². The Hall–Kier alpha value is -7.18.